The summed E-state index contributed by atoms with van der Waals surface area (Å²) in [4.78, 5) is 15.6. The Morgan fingerprint density at radius 2 is 2.05 bits per heavy atom. The number of aromatic nitrogens is 1. The lowest BCUT2D eigenvalue weighted by Gasteiger charge is -1.98. The highest BCUT2D eigenvalue weighted by Gasteiger charge is 2.19. The van der Waals surface area contributed by atoms with Gasteiger partial charge in [0.1, 0.15) is 0 Å². The molecule has 0 bridgehead atoms. The number of carbonyl (C=O) groups is 1. The van der Waals surface area contributed by atoms with Crippen molar-refractivity contribution in [3.05, 3.63) is 54.2 Å². The van der Waals surface area contributed by atoms with E-state index in [1.807, 2.05) is 18.2 Å². The first kappa shape index (κ1) is 13.4. The summed E-state index contributed by atoms with van der Waals surface area (Å²) in [5, 5.41) is 1.45. The number of thiophene rings is 1. The fourth-order valence-electron chi connectivity index (χ4n) is 1.95. The van der Waals surface area contributed by atoms with E-state index in [0.717, 1.165) is 18.5 Å². The molecule has 0 aliphatic rings. The second-order valence-corrected chi connectivity index (χ2v) is 8.09. The van der Waals surface area contributed by atoms with Crippen LogP contribution in [0.4, 0.5) is 0 Å². The van der Waals surface area contributed by atoms with Crippen LogP contribution in [0.5, 0.6) is 0 Å². The maximum atomic E-state index is 12.6. The molecule has 2 heterocycles. The van der Waals surface area contributed by atoms with Gasteiger partial charge in [0.2, 0.25) is 0 Å². The monoisotopic (exact) mass is 417 g/mol. The lowest BCUT2D eigenvalue weighted by Crippen LogP contribution is -1.99. The molecule has 0 fully saturated rings. The molecule has 0 saturated heterocycles. The maximum absolute atomic E-state index is 12.6. The van der Waals surface area contributed by atoms with E-state index in [1.165, 1.54) is 11.3 Å². The molecule has 0 aliphatic heterocycles. The fourth-order valence-corrected chi connectivity index (χ4v) is 4.97. The number of ketones is 1. The molecule has 0 atom stereocenters. The van der Waals surface area contributed by atoms with Gasteiger partial charge >= 0.3 is 0 Å². The fraction of sp³-hybridized carbons (Fsp3) is 0. The number of para-hydroxylation sites is 1. The van der Waals surface area contributed by atoms with Crippen LogP contribution < -0.4 is 0 Å². The first-order valence-corrected chi connectivity index (χ1v) is 8.11. The summed E-state index contributed by atoms with van der Waals surface area (Å²) in [6.45, 7) is 0. The number of halogens is 3. The van der Waals surface area contributed by atoms with Gasteiger partial charge in [0.15, 0.2) is 5.78 Å². The van der Waals surface area contributed by atoms with Crippen LogP contribution in [0.2, 0.25) is 5.02 Å². The molecule has 1 aromatic carbocycles. The van der Waals surface area contributed by atoms with Crippen LogP contribution in [-0.4, -0.2) is 10.8 Å². The number of nitrogens with one attached hydrogen (secondary N) is 1. The zero-order valence-electron chi connectivity index (χ0n) is 9.34. The molecule has 0 saturated carbocycles. The topological polar surface area (TPSA) is 32.9 Å². The standard InChI is InChI=1S/C13H6Br2ClNOS/c14-10-4-7(13(15)19-10)12(18)8-5-17-11-6(8)2-1-3-9(11)16/h1-5,17H. The average Bonchev–Trinajstić information content (AvgIpc) is 2.93. The van der Waals surface area contributed by atoms with Crippen molar-refractivity contribution in [2.75, 3.05) is 0 Å². The van der Waals surface area contributed by atoms with Crippen molar-refractivity contribution in [1.82, 2.24) is 4.98 Å². The van der Waals surface area contributed by atoms with Crippen LogP contribution in [0.1, 0.15) is 15.9 Å². The first-order valence-electron chi connectivity index (χ1n) is 5.33. The molecule has 96 valence electrons. The van der Waals surface area contributed by atoms with Crippen molar-refractivity contribution in [3.8, 4) is 0 Å². The van der Waals surface area contributed by atoms with Crippen LogP contribution in [0.3, 0.4) is 0 Å². The van der Waals surface area contributed by atoms with Crippen molar-refractivity contribution < 1.29 is 4.79 Å². The van der Waals surface area contributed by atoms with Crippen molar-refractivity contribution in [2.24, 2.45) is 0 Å². The Kier molecular flexibility index (Phi) is 3.55. The molecule has 0 spiro atoms. The molecule has 6 heteroatoms. The summed E-state index contributed by atoms with van der Waals surface area (Å²) >= 11 is 14.4. The van der Waals surface area contributed by atoms with Gasteiger partial charge in [-0.3, -0.25) is 4.79 Å². The Balaban J connectivity index is 2.17. The minimum atomic E-state index is -0.0256. The third-order valence-electron chi connectivity index (χ3n) is 2.81. The van der Waals surface area contributed by atoms with Gasteiger partial charge in [-0.15, -0.1) is 11.3 Å². The van der Waals surface area contributed by atoms with Crippen LogP contribution in [0.15, 0.2) is 38.0 Å². The average molecular weight is 420 g/mol. The van der Waals surface area contributed by atoms with Gasteiger partial charge in [-0.05, 0) is 44.0 Å². The van der Waals surface area contributed by atoms with Crippen LogP contribution in [0, 0.1) is 0 Å². The Bertz CT molecular complexity index is 793. The minimum Gasteiger partial charge on any atom is -0.359 e. The smallest absolute Gasteiger partial charge is 0.197 e. The maximum Gasteiger partial charge on any atom is 0.197 e. The minimum absolute atomic E-state index is 0.0256. The van der Waals surface area contributed by atoms with Crippen molar-refractivity contribution in [1.29, 1.82) is 0 Å². The summed E-state index contributed by atoms with van der Waals surface area (Å²) in [7, 11) is 0. The van der Waals surface area contributed by atoms with Gasteiger partial charge in [0.25, 0.3) is 0 Å². The number of fused-ring (bicyclic) bond motifs is 1. The summed E-state index contributed by atoms with van der Waals surface area (Å²) in [6.07, 6.45) is 1.71. The molecule has 19 heavy (non-hydrogen) atoms. The number of hydrogen-bond acceptors (Lipinski definition) is 2. The molecule has 0 aliphatic carbocycles. The number of hydrogen-bond donors (Lipinski definition) is 1. The van der Waals surface area contributed by atoms with Gasteiger partial charge < -0.3 is 4.98 Å². The number of aromatic amines is 1. The van der Waals surface area contributed by atoms with Gasteiger partial charge in [-0.25, -0.2) is 0 Å². The van der Waals surface area contributed by atoms with Crippen molar-refractivity contribution in [3.63, 3.8) is 0 Å². The van der Waals surface area contributed by atoms with Crippen LogP contribution in [-0.2, 0) is 0 Å². The van der Waals surface area contributed by atoms with Gasteiger partial charge in [-0.2, -0.15) is 0 Å². The van der Waals surface area contributed by atoms with E-state index in [4.69, 9.17) is 11.6 Å². The predicted octanol–water partition coefficient (Wildman–Crippen LogP) is 5.64. The molecule has 0 radical (unpaired) electrons. The second kappa shape index (κ2) is 5.05. The highest BCUT2D eigenvalue weighted by Crippen LogP contribution is 2.35. The highest BCUT2D eigenvalue weighted by atomic mass is 79.9. The Hall–Kier alpha value is -0.620. The summed E-state index contributed by atoms with van der Waals surface area (Å²) in [5.41, 5.74) is 2.07. The highest BCUT2D eigenvalue weighted by molar-refractivity contribution is 9.12. The molecular weight excluding hydrogens is 413 g/mol. The third-order valence-corrected chi connectivity index (χ3v) is 5.46. The first-order chi connectivity index (χ1) is 9.08. The largest absolute Gasteiger partial charge is 0.359 e. The molecule has 3 rings (SSSR count). The molecule has 0 unspecified atom stereocenters. The van der Waals surface area contributed by atoms with Crippen LogP contribution in [0.25, 0.3) is 10.9 Å². The second-order valence-electron chi connectivity index (χ2n) is 3.93. The molecule has 3 aromatic rings. The molecule has 0 amide bonds. The third kappa shape index (κ3) is 2.29. The number of H-pyrrole nitrogens is 1. The Morgan fingerprint density at radius 3 is 2.74 bits per heavy atom. The van der Waals surface area contributed by atoms with E-state index in [0.29, 0.717) is 16.1 Å². The molecule has 2 nitrogen and oxygen atoms in total. The van der Waals surface area contributed by atoms with E-state index in [2.05, 4.69) is 36.8 Å². The Labute approximate surface area is 135 Å². The normalized spacial score (nSPS) is 11.1. The molecule has 2 aromatic heterocycles. The van der Waals surface area contributed by atoms with Gasteiger partial charge in [0.05, 0.1) is 18.1 Å². The van der Waals surface area contributed by atoms with Gasteiger partial charge in [0, 0.05) is 22.7 Å². The van der Waals surface area contributed by atoms with E-state index < -0.39 is 0 Å². The summed E-state index contributed by atoms with van der Waals surface area (Å²) < 4.78 is 1.74. The summed E-state index contributed by atoms with van der Waals surface area (Å²) in [6, 6.07) is 7.35. The van der Waals surface area contributed by atoms with E-state index in [9.17, 15) is 4.79 Å². The summed E-state index contributed by atoms with van der Waals surface area (Å²) in [5.74, 6) is -0.0256. The zero-order valence-corrected chi connectivity index (χ0v) is 14.1. The quantitative estimate of drug-likeness (QED) is 0.536. The number of rotatable bonds is 2. The molecule has 1 N–H and O–H groups in total. The van der Waals surface area contributed by atoms with Crippen molar-refractivity contribution in [2.45, 2.75) is 0 Å². The van der Waals surface area contributed by atoms with E-state index >= 15 is 0 Å². The van der Waals surface area contributed by atoms with Gasteiger partial charge in [-0.1, -0.05) is 23.7 Å². The van der Waals surface area contributed by atoms with Crippen LogP contribution >= 0.6 is 54.8 Å². The lowest BCUT2D eigenvalue weighted by molar-refractivity contribution is 0.104. The number of benzene rings is 1. The lowest BCUT2D eigenvalue weighted by atomic mass is 10.1. The molecular formula is C13H6Br2ClNOS. The van der Waals surface area contributed by atoms with Crippen molar-refractivity contribution >= 4 is 71.5 Å². The van der Waals surface area contributed by atoms with E-state index in [-0.39, 0.29) is 5.78 Å². The SMILES string of the molecule is O=C(c1cc(Br)sc1Br)c1c[nH]c2c(Cl)cccc12. The van der Waals surface area contributed by atoms with E-state index in [1.54, 1.807) is 12.3 Å². The number of carbonyl (C=O) groups excluding carboxylic acids is 1. The zero-order chi connectivity index (χ0) is 13.6. The Morgan fingerprint density at radius 1 is 1.26 bits per heavy atom. The predicted molar refractivity (Wildman–Crippen MR) is 86.5 cm³/mol.